The Balaban J connectivity index is 1.59. The summed E-state index contributed by atoms with van der Waals surface area (Å²) in [6.07, 6.45) is 5.63. The lowest BCUT2D eigenvalue weighted by Gasteiger charge is -2.11. The highest BCUT2D eigenvalue weighted by atomic mass is 15.3. The van der Waals surface area contributed by atoms with E-state index in [1.807, 2.05) is 62.6 Å². The van der Waals surface area contributed by atoms with Gasteiger partial charge in [-0.25, -0.2) is 4.98 Å². The lowest BCUT2D eigenvalue weighted by molar-refractivity contribution is 1.13. The maximum atomic E-state index is 4.50. The summed E-state index contributed by atoms with van der Waals surface area (Å²) in [7, 11) is 4.06. The molecule has 1 heterocycles. The SMILES string of the molecule is CN(C)c1ccc(C=CC=NNc2ccc3ccccc3n2)cc1. The number of nitrogens with one attached hydrogen (secondary N) is 1. The van der Waals surface area contributed by atoms with Gasteiger partial charge in [0.1, 0.15) is 5.82 Å². The summed E-state index contributed by atoms with van der Waals surface area (Å²) < 4.78 is 0. The molecule has 1 aromatic heterocycles. The van der Waals surface area contributed by atoms with Gasteiger partial charge in [-0.15, -0.1) is 0 Å². The Bertz CT molecular complexity index is 864. The van der Waals surface area contributed by atoms with E-state index in [0.29, 0.717) is 0 Å². The van der Waals surface area contributed by atoms with Gasteiger partial charge in [0.05, 0.1) is 5.52 Å². The highest BCUT2D eigenvalue weighted by Crippen LogP contribution is 2.14. The standard InChI is InChI=1S/C20H20N4/c1-24(2)18-12-9-16(10-13-18)6-5-15-21-23-20-14-11-17-7-3-4-8-19(17)22-20/h3-15H,1-2H3,(H,22,23). The van der Waals surface area contributed by atoms with Crippen LogP contribution in [0.25, 0.3) is 17.0 Å². The molecule has 0 aliphatic rings. The molecule has 2 aromatic carbocycles. The van der Waals surface area contributed by atoms with E-state index in [2.05, 4.69) is 44.7 Å². The average molecular weight is 316 g/mol. The van der Waals surface area contributed by atoms with Gasteiger partial charge in [0.2, 0.25) is 0 Å². The number of anilines is 2. The summed E-state index contributed by atoms with van der Waals surface area (Å²) >= 11 is 0. The van der Waals surface area contributed by atoms with Crippen LogP contribution in [0.1, 0.15) is 5.56 Å². The van der Waals surface area contributed by atoms with Crippen LogP contribution in [-0.4, -0.2) is 25.3 Å². The first kappa shape index (κ1) is 15.7. The molecule has 120 valence electrons. The third-order valence-corrected chi connectivity index (χ3v) is 3.64. The van der Waals surface area contributed by atoms with Gasteiger partial charge in [-0.2, -0.15) is 5.10 Å². The van der Waals surface area contributed by atoms with E-state index >= 15 is 0 Å². The van der Waals surface area contributed by atoms with Crippen LogP contribution in [0.15, 0.2) is 71.8 Å². The van der Waals surface area contributed by atoms with Crippen LogP contribution in [0.5, 0.6) is 0 Å². The zero-order valence-corrected chi connectivity index (χ0v) is 13.8. The second kappa shape index (κ2) is 7.42. The molecular weight excluding hydrogens is 296 g/mol. The van der Waals surface area contributed by atoms with Crippen molar-refractivity contribution in [3.8, 4) is 0 Å². The predicted octanol–water partition coefficient (Wildman–Crippen LogP) is 4.41. The predicted molar refractivity (Wildman–Crippen MR) is 104 cm³/mol. The maximum absolute atomic E-state index is 4.50. The van der Waals surface area contributed by atoms with Gasteiger partial charge in [-0.3, -0.25) is 5.43 Å². The van der Waals surface area contributed by atoms with Gasteiger partial charge >= 0.3 is 0 Å². The molecule has 1 N–H and O–H groups in total. The van der Waals surface area contributed by atoms with E-state index in [4.69, 9.17) is 0 Å². The molecule has 0 saturated heterocycles. The molecule has 24 heavy (non-hydrogen) atoms. The Hall–Kier alpha value is -3.14. The first-order valence-corrected chi connectivity index (χ1v) is 7.81. The second-order valence-electron chi connectivity index (χ2n) is 5.62. The average Bonchev–Trinajstić information content (AvgIpc) is 2.61. The van der Waals surface area contributed by atoms with E-state index in [9.17, 15) is 0 Å². The molecule has 4 nitrogen and oxygen atoms in total. The van der Waals surface area contributed by atoms with E-state index < -0.39 is 0 Å². The van der Waals surface area contributed by atoms with Gasteiger partial charge < -0.3 is 4.90 Å². The van der Waals surface area contributed by atoms with Crippen LogP contribution in [-0.2, 0) is 0 Å². The number of hydrazone groups is 1. The van der Waals surface area contributed by atoms with Gasteiger partial charge in [0, 0.05) is 31.4 Å². The summed E-state index contributed by atoms with van der Waals surface area (Å²) in [5.41, 5.74) is 6.22. The highest BCUT2D eigenvalue weighted by Gasteiger charge is 1.95. The number of allylic oxidation sites excluding steroid dienone is 1. The topological polar surface area (TPSA) is 40.5 Å². The smallest absolute Gasteiger partial charge is 0.146 e. The lowest BCUT2D eigenvalue weighted by Crippen LogP contribution is -2.07. The van der Waals surface area contributed by atoms with Crippen molar-refractivity contribution < 1.29 is 0 Å². The van der Waals surface area contributed by atoms with Crippen LogP contribution in [0, 0.1) is 0 Å². The third-order valence-electron chi connectivity index (χ3n) is 3.64. The highest BCUT2D eigenvalue weighted by molar-refractivity contribution is 5.81. The van der Waals surface area contributed by atoms with Crippen molar-refractivity contribution >= 4 is 34.7 Å². The largest absolute Gasteiger partial charge is 0.378 e. The van der Waals surface area contributed by atoms with Crippen LogP contribution < -0.4 is 10.3 Å². The van der Waals surface area contributed by atoms with E-state index in [1.54, 1.807) is 6.21 Å². The number of fused-ring (bicyclic) bond motifs is 1. The molecule has 0 fully saturated rings. The van der Waals surface area contributed by atoms with Gasteiger partial charge in [-0.05, 0) is 42.0 Å². The van der Waals surface area contributed by atoms with E-state index in [1.165, 1.54) is 5.69 Å². The Labute approximate surface area is 142 Å². The van der Waals surface area contributed by atoms with Crippen LogP contribution >= 0.6 is 0 Å². The van der Waals surface area contributed by atoms with Crippen LogP contribution in [0.2, 0.25) is 0 Å². The minimum absolute atomic E-state index is 0.730. The van der Waals surface area contributed by atoms with Crippen molar-refractivity contribution in [3.63, 3.8) is 0 Å². The Morgan fingerprint density at radius 2 is 1.75 bits per heavy atom. The first-order chi connectivity index (χ1) is 11.7. The number of hydrogen-bond donors (Lipinski definition) is 1. The van der Waals surface area contributed by atoms with Crippen molar-refractivity contribution in [2.45, 2.75) is 0 Å². The summed E-state index contributed by atoms with van der Waals surface area (Å²) in [6, 6.07) is 20.3. The minimum atomic E-state index is 0.730. The van der Waals surface area contributed by atoms with Gasteiger partial charge in [0.25, 0.3) is 0 Å². The lowest BCUT2D eigenvalue weighted by atomic mass is 10.2. The molecular formula is C20H20N4. The number of benzene rings is 2. The van der Waals surface area contributed by atoms with Crippen molar-refractivity contribution in [1.29, 1.82) is 0 Å². The number of para-hydroxylation sites is 1. The number of rotatable bonds is 5. The molecule has 4 heteroatoms. The second-order valence-corrected chi connectivity index (χ2v) is 5.62. The van der Waals surface area contributed by atoms with E-state index in [0.717, 1.165) is 22.3 Å². The molecule has 3 aromatic rings. The van der Waals surface area contributed by atoms with Crippen molar-refractivity contribution in [2.24, 2.45) is 5.10 Å². The normalized spacial score (nSPS) is 11.4. The van der Waals surface area contributed by atoms with Crippen molar-refractivity contribution in [3.05, 3.63) is 72.3 Å². The summed E-state index contributed by atoms with van der Waals surface area (Å²) in [5.74, 6) is 0.730. The van der Waals surface area contributed by atoms with Gasteiger partial charge in [-0.1, -0.05) is 36.4 Å². The molecule has 0 aliphatic heterocycles. The van der Waals surface area contributed by atoms with Crippen LogP contribution in [0.4, 0.5) is 11.5 Å². The number of hydrogen-bond acceptors (Lipinski definition) is 4. The molecule has 0 amide bonds. The molecule has 0 atom stereocenters. The summed E-state index contributed by atoms with van der Waals surface area (Å²) in [5, 5.41) is 5.30. The number of aromatic nitrogens is 1. The summed E-state index contributed by atoms with van der Waals surface area (Å²) in [6.45, 7) is 0. The molecule has 0 saturated carbocycles. The quantitative estimate of drug-likeness (QED) is 0.560. The molecule has 3 rings (SSSR count). The Morgan fingerprint density at radius 1 is 0.958 bits per heavy atom. The van der Waals surface area contributed by atoms with E-state index in [-0.39, 0.29) is 0 Å². The van der Waals surface area contributed by atoms with Crippen molar-refractivity contribution in [2.75, 3.05) is 24.4 Å². The fraction of sp³-hybridized carbons (Fsp3) is 0.100. The molecule has 0 bridgehead atoms. The molecule has 0 spiro atoms. The fourth-order valence-corrected chi connectivity index (χ4v) is 2.31. The zero-order chi connectivity index (χ0) is 16.8. The fourth-order valence-electron chi connectivity index (χ4n) is 2.31. The van der Waals surface area contributed by atoms with Crippen LogP contribution in [0.3, 0.4) is 0 Å². The molecule has 0 unspecified atom stereocenters. The molecule has 0 aliphatic carbocycles. The molecule has 0 radical (unpaired) electrons. The maximum Gasteiger partial charge on any atom is 0.146 e. The third kappa shape index (κ3) is 3.98. The minimum Gasteiger partial charge on any atom is -0.378 e. The van der Waals surface area contributed by atoms with Crippen molar-refractivity contribution in [1.82, 2.24) is 4.98 Å². The Morgan fingerprint density at radius 3 is 2.54 bits per heavy atom. The zero-order valence-electron chi connectivity index (χ0n) is 13.8. The number of nitrogens with zero attached hydrogens (tertiary/aromatic N) is 3. The van der Waals surface area contributed by atoms with Gasteiger partial charge in [0.15, 0.2) is 0 Å². The first-order valence-electron chi connectivity index (χ1n) is 7.81. The number of pyridine rings is 1. The monoisotopic (exact) mass is 316 g/mol. The summed E-state index contributed by atoms with van der Waals surface area (Å²) in [4.78, 5) is 6.58. The Kier molecular flexibility index (Phi) is 4.87.